The Kier molecular flexibility index (Phi) is 3.72. The van der Waals surface area contributed by atoms with Crippen molar-refractivity contribution >= 4 is 0 Å². The first-order valence-corrected chi connectivity index (χ1v) is 3.90. The van der Waals surface area contributed by atoms with Crippen LogP contribution in [0.15, 0.2) is 0 Å². The molecule has 0 aliphatic carbocycles. The van der Waals surface area contributed by atoms with Gasteiger partial charge in [-0.1, -0.05) is 0 Å². The van der Waals surface area contributed by atoms with Crippen molar-refractivity contribution in [3.05, 3.63) is 0 Å². The van der Waals surface area contributed by atoms with Crippen LogP contribution >= 0.6 is 0 Å². The second-order valence-electron chi connectivity index (χ2n) is 2.75. The third-order valence-electron chi connectivity index (χ3n) is 1.98. The van der Waals surface area contributed by atoms with Crippen molar-refractivity contribution in [1.29, 1.82) is 0 Å². The minimum atomic E-state index is 0.807. The van der Waals surface area contributed by atoms with Gasteiger partial charge in [0.25, 0.3) is 0 Å². The lowest BCUT2D eigenvalue weighted by Crippen LogP contribution is -2.33. The van der Waals surface area contributed by atoms with Gasteiger partial charge in [-0.25, -0.2) is 5.48 Å². The Morgan fingerprint density at radius 3 is 2.80 bits per heavy atom. The lowest BCUT2D eigenvalue weighted by atomic mass is 9.99. The molecule has 60 valence electrons. The summed E-state index contributed by atoms with van der Waals surface area (Å²) >= 11 is 0. The molecule has 10 heavy (non-hydrogen) atoms. The summed E-state index contributed by atoms with van der Waals surface area (Å²) in [6, 6.07) is 0. The van der Waals surface area contributed by atoms with Gasteiger partial charge in [0.2, 0.25) is 0 Å². The van der Waals surface area contributed by atoms with Crippen LogP contribution in [0.25, 0.3) is 0 Å². The third kappa shape index (κ3) is 2.64. The van der Waals surface area contributed by atoms with E-state index in [-0.39, 0.29) is 0 Å². The van der Waals surface area contributed by atoms with E-state index in [1.54, 1.807) is 7.11 Å². The molecule has 1 heterocycles. The van der Waals surface area contributed by atoms with Crippen LogP contribution in [0.4, 0.5) is 0 Å². The summed E-state index contributed by atoms with van der Waals surface area (Å²) in [5.74, 6) is 0.807. The van der Waals surface area contributed by atoms with Gasteiger partial charge in [-0.2, -0.15) is 0 Å². The zero-order chi connectivity index (χ0) is 7.23. The molecule has 0 aromatic rings. The molecule has 0 bridgehead atoms. The van der Waals surface area contributed by atoms with Gasteiger partial charge >= 0.3 is 0 Å². The van der Waals surface area contributed by atoms with Gasteiger partial charge in [-0.05, 0) is 31.8 Å². The van der Waals surface area contributed by atoms with Crippen LogP contribution in [-0.2, 0) is 4.84 Å². The van der Waals surface area contributed by atoms with Crippen molar-refractivity contribution in [3.63, 3.8) is 0 Å². The SMILES string of the molecule is CONCC1CCNCC1. The van der Waals surface area contributed by atoms with E-state index in [2.05, 4.69) is 10.8 Å². The fraction of sp³-hybridized carbons (Fsp3) is 1.00. The van der Waals surface area contributed by atoms with Crippen LogP contribution in [0.2, 0.25) is 0 Å². The van der Waals surface area contributed by atoms with E-state index < -0.39 is 0 Å². The van der Waals surface area contributed by atoms with Crippen molar-refractivity contribution < 1.29 is 4.84 Å². The predicted molar refractivity (Wildman–Crippen MR) is 40.6 cm³/mol. The van der Waals surface area contributed by atoms with Crippen molar-refractivity contribution in [2.75, 3.05) is 26.7 Å². The number of hydroxylamine groups is 1. The maximum Gasteiger partial charge on any atom is 0.0572 e. The Hall–Kier alpha value is -0.120. The molecule has 0 amide bonds. The zero-order valence-corrected chi connectivity index (χ0v) is 6.52. The highest BCUT2D eigenvalue weighted by atomic mass is 16.6. The monoisotopic (exact) mass is 144 g/mol. The molecule has 1 rings (SSSR count). The van der Waals surface area contributed by atoms with Gasteiger partial charge in [-0.15, -0.1) is 0 Å². The minimum Gasteiger partial charge on any atom is -0.317 e. The molecule has 0 unspecified atom stereocenters. The molecule has 1 aliphatic rings. The third-order valence-corrected chi connectivity index (χ3v) is 1.98. The topological polar surface area (TPSA) is 33.3 Å². The van der Waals surface area contributed by atoms with Gasteiger partial charge < -0.3 is 10.2 Å². The average Bonchev–Trinajstić information content (AvgIpc) is 2.03. The van der Waals surface area contributed by atoms with Crippen molar-refractivity contribution in [2.45, 2.75) is 12.8 Å². The lowest BCUT2D eigenvalue weighted by molar-refractivity contribution is 0.0754. The Morgan fingerprint density at radius 1 is 1.50 bits per heavy atom. The van der Waals surface area contributed by atoms with Crippen LogP contribution in [-0.4, -0.2) is 26.7 Å². The summed E-state index contributed by atoms with van der Waals surface area (Å²) in [4.78, 5) is 4.77. The quantitative estimate of drug-likeness (QED) is 0.553. The molecule has 1 saturated heterocycles. The summed E-state index contributed by atoms with van der Waals surface area (Å²) in [6.45, 7) is 3.32. The van der Waals surface area contributed by atoms with Crippen LogP contribution in [0.1, 0.15) is 12.8 Å². The molecule has 0 atom stereocenters. The van der Waals surface area contributed by atoms with E-state index in [0.717, 1.165) is 25.6 Å². The first kappa shape index (κ1) is 7.98. The van der Waals surface area contributed by atoms with Crippen molar-refractivity contribution in [3.8, 4) is 0 Å². The fourth-order valence-electron chi connectivity index (χ4n) is 1.29. The molecular weight excluding hydrogens is 128 g/mol. The standard InChI is InChI=1S/C7H16N2O/c1-10-9-6-7-2-4-8-5-3-7/h7-9H,2-6H2,1H3. The Morgan fingerprint density at radius 2 is 2.20 bits per heavy atom. The Bertz CT molecular complexity index is 81.7. The average molecular weight is 144 g/mol. The first-order valence-electron chi connectivity index (χ1n) is 3.90. The van der Waals surface area contributed by atoms with Gasteiger partial charge in [-0.3, -0.25) is 0 Å². The summed E-state index contributed by atoms with van der Waals surface area (Å²) < 4.78 is 0. The van der Waals surface area contributed by atoms with Gasteiger partial charge in [0.1, 0.15) is 0 Å². The molecule has 0 saturated carbocycles. The highest BCUT2D eigenvalue weighted by Gasteiger charge is 2.11. The molecule has 0 aromatic carbocycles. The normalized spacial score (nSPS) is 21.3. The molecular formula is C7H16N2O. The van der Waals surface area contributed by atoms with E-state index in [4.69, 9.17) is 4.84 Å². The zero-order valence-electron chi connectivity index (χ0n) is 6.52. The van der Waals surface area contributed by atoms with Crippen molar-refractivity contribution in [2.24, 2.45) is 5.92 Å². The molecule has 3 heteroatoms. The molecule has 1 fully saturated rings. The van der Waals surface area contributed by atoms with E-state index in [1.807, 2.05) is 0 Å². The summed E-state index contributed by atoms with van der Waals surface area (Å²) in [7, 11) is 1.67. The Balaban J connectivity index is 2.02. The maximum absolute atomic E-state index is 4.77. The fourth-order valence-corrected chi connectivity index (χ4v) is 1.29. The second-order valence-corrected chi connectivity index (χ2v) is 2.75. The number of hydrogen-bond donors (Lipinski definition) is 2. The lowest BCUT2D eigenvalue weighted by Gasteiger charge is -2.21. The van der Waals surface area contributed by atoms with Crippen LogP contribution in [0.3, 0.4) is 0 Å². The Labute approximate surface area is 62.1 Å². The number of hydrogen-bond acceptors (Lipinski definition) is 3. The summed E-state index contributed by atoms with van der Waals surface area (Å²) in [5, 5.41) is 3.32. The number of rotatable bonds is 3. The molecule has 3 nitrogen and oxygen atoms in total. The van der Waals surface area contributed by atoms with Crippen LogP contribution < -0.4 is 10.8 Å². The smallest absolute Gasteiger partial charge is 0.0572 e. The van der Waals surface area contributed by atoms with E-state index in [9.17, 15) is 0 Å². The largest absolute Gasteiger partial charge is 0.317 e. The predicted octanol–water partition coefficient (Wildman–Crippen LogP) is 0.137. The maximum atomic E-state index is 4.77. The van der Waals surface area contributed by atoms with Gasteiger partial charge in [0.15, 0.2) is 0 Å². The van der Waals surface area contributed by atoms with Gasteiger partial charge in [0, 0.05) is 6.54 Å². The van der Waals surface area contributed by atoms with Crippen LogP contribution in [0, 0.1) is 5.92 Å². The van der Waals surface area contributed by atoms with E-state index >= 15 is 0 Å². The van der Waals surface area contributed by atoms with E-state index in [1.165, 1.54) is 12.8 Å². The summed E-state index contributed by atoms with van der Waals surface area (Å²) in [5.41, 5.74) is 2.89. The molecule has 2 N–H and O–H groups in total. The van der Waals surface area contributed by atoms with Gasteiger partial charge in [0.05, 0.1) is 7.11 Å². The van der Waals surface area contributed by atoms with Crippen LogP contribution in [0.5, 0.6) is 0 Å². The first-order chi connectivity index (χ1) is 4.93. The molecule has 0 spiro atoms. The van der Waals surface area contributed by atoms with Crippen molar-refractivity contribution in [1.82, 2.24) is 10.8 Å². The summed E-state index contributed by atoms with van der Waals surface area (Å²) in [6.07, 6.45) is 2.55. The highest BCUT2D eigenvalue weighted by molar-refractivity contribution is 4.68. The highest BCUT2D eigenvalue weighted by Crippen LogP contribution is 2.09. The minimum absolute atomic E-state index is 0.807. The van der Waals surface area contributed by atoms with E-state index in [0.29, 0.717) is 0 Å². The molecule has 0 aromatic heterocycles. The number of nitrogens with one attached hydrogen (secondary N) is 2. The number of piperidine rings is 1. The second kappa shape index (κ2) is 4.66. The molecule has 0 radical (unpaired) electrons. The molecule has 1 aliphatic heterocycles.